The number of morpholine rings is 1. The Hall–Kier alpha value is -1.85. The highest BCUT2D eigenvalue weighted by Gasteiger charge is 2.32. The predicted octanol–water partition coefficient (Wildman–Crippen LogP) is 0.856. The summed E-state index contributed by atoms with van der Waals surface area (Å²) in [5, 5.41) is 3.95. The van der Waals surface area contributed by atoms with E-state index in [4.69, 9.17) is 9.15 Å². The topological polar surface area (TPSA) is 55.9 Å². The number of ether oxygens (including phenoxy) is 1. The molecule has 1 amide bonds. The Morgan fingerprint density at radius 1 is 1.27 bits per heavy atom. The quantitative estimate of drug-likeness (QED) is 0.881. The van der Waals surface area contributed by atoms with Gasteiger partial charge in [-0.25, -0.2) is 0 Å². The van der Waals surface area contributed by atoms with Crippen LogP contribution in [-0.4, -0.2) is 44.3 Å². The maximum absolute atomic E-state index is 12.3. The highest BCUT2D eigenvalue weighted by molar-refractivity contribution is 5.96. The van der Waals surface area contributed by atoms with Crippen LogP contribution < -0.4 is 10.2 Å². The molecule has 3 rings (SSSR count). The van der Waals surface area contributed by atoms with Crippen LogP contribution in [0.2, 0.25) is 0 Å². The molecule has 0 radical (unpaired) electrons. The van der Waals surface area contributed by atoms with E-state index in [-0.39, 0.29) is 11.4 Å². The van der Waals surface area contributed by atoms with E-state index in [1.807, 2.05) is 24.3 Å². The first-order valence-corrected chi connectivity index (χ1v) is 7.76. The van der Waals surface area contributed by atoms with E-state index in [1.54, 1.807) is 6.07 Å². The lowest BCUT2D eigenvalue weighted by Gasteiger charge is -2.37. The van der Waals surface area contributed by atoms with Gasteiger partial charge in [-0.05, 0) is 26.0 Å². The molecule has 22 heavy (non-hydrogen) atoms. The van der Waals surface area contributed by atoms with Crippen LogP contribution in [0.5, 0.6) is 0 Å². The van der Waals surface area contributed by atoms with E-state index in [0.29, 0.717) is 12.3 Å². The fourth-order valence-corrected chi connectivity index (χ4v) is 2.90. The lowest BCUT2D eigenvalue weighted by atomic mass is 10.0. The van der Waals surface area contributed by atoms with E-state index in [9.17, 15) is 4.79 Å². The van der Waals surface area contributed by atoms with Gasteiger partial charge < -0.3 is 19.4 Å². The zero-order valence-electron chi connectivity index (χ0n) is 13.1. The van der Waals surface area contributed by atoms with Crippen LogP contribution in [0.25, 0.3) is 11.0 Å². The zero-order valence-corrected chi connectivity index (χ0v) is 13.1. The van der Waals surface area contributed by atoms with Gasteiger partial charge in [0.25, 0.3) is 5.91 Å². The molecule has 2 N–H and O–H groups in total. The number of carbonyl (C=O) groups excluding carboxylic acids is 1. The Labute approximate surface area is 130 Å². The van der Waals surface area contributed by atoms with Crippen molar-refractivity contribution < 1.29 is 18.8 Å². The third kappa shape index (κ3) is 3.15. The summed E-state index contributed by atoms with van der Waals surface area (Å²) in [5.74, 6) is 0.214. The summed E-state index contributed by atoms with van der Waals surface area (Å²) in [4.78, 5) is 13.8. The van der Waals surface area contributed by atoms with Gasteiger partial charge in [0.15, 0.2) is 5.76 Å². The van der Waals surface area contributed by atoms with E-state index in [0.717, 1.165) is 37.3 Å². The van der Waals surface area contributed by atoms with Crippen LogP contribution >= 0.6 is 0 Å². The molecule has 0 spiro atoms. The van der Waals surface area contributed by atoms with Crippen molar-refractivity contribution in [1.29, 1.82) is 0 Å². The molecular weight excluding hydrogens is 280 g/mol. The highest BCUT2D eigenvalue weighted by atomic mass is 16.5. The van der Waals surface area contributed by atoms with Gasteiger partial charge in [-0.3, -0.25) is 4.79 Å². The van der Waals surface area contributed by atoms with Crippen LogP contribution in [0.3, 0.4) is 0 Å². The minimum Gasteiger partial charge on any atom is -0.451 e. The fraction of sp³-hybridized carbons (Fsp3) is 0.471. The third-order valence-corrected chi connectivity index (χ3v) is 4.39. The second kappa shape index (κ2) is 6.10. The monoisotopic (exact) mass is 303 g/mol. The number of fused-ring (bicyclic) bond motifs is 1. The maximum Gasteiger partial charge on any atom is 0.287 e. The van der Waals surface area contributed by atoms with Gasteiger partial charge >= 0.3 is 0 Å². The Bertz CT molecular complexity index is 624. The molecular formula is C17H23N2O3+. The summed E-state index contributed by atoms with van der Waals surface area (Å²) >= 11 is 0. The van der Waals surface area contributed by atoms with Gasteiger partial charge in [0.1, 0.15) is 24.2 Å². The van der Waals surface area contributed by atoms with Gasteiger partial charge in [0.2, 0.25) is 0 Å². The second-order valence-corrected chi connectivity index (χ2v) is 6.43. The van der Waals surface area contributed by atoms with Gasteiger partial charge in [-0.2, -0.15) is 0 Å². The summed E-state index contributed by atoms with van der Waals surface area (Å²) < 4.78 is 11.0. The summed E-state index contributed by atoms with van der Waals surface area (Å²) in [6, 6.07) is 9.44. The molecule has 118 valence electrons. The van der Waals surface area contributed by atoms with Crippen molar-refractivity contribution >= 4 is 16.9 Å². The van der Waals surface area contributed by atoms with Crippen molar-refractivity contribution in [3.05, 3.63) is 36.1 Å². The van der Waals surface area contributed by atoms with E-state index in [1.165, 1.54) is 4.90 Å². The smallest absolute Gasteiger partial charge is 0.287 e. The van der Waals surface area contributed by atoms with Crippen LogP contribution in [0.4, 0.5) is 0 Å². The van der Waals surface area contributed by atoms with Crippen molar-refractivity contribution in [1.82, 2.24) is 5.32 Å². The lowest BCUT2D eigenvalue weighted by molar-refractivity contribution is -0.954. The van der Waals surface area contributed by atoms with Crippen LogP contribution in [0, 0.1) is 0 Å². The van der Waals surface area contributed by atoms with Gasteiger partial charge in [0.05, 0.1) is 19.8 Å². The number of furan rings is 1. The third-order valence-electron chi connectivity index (χ3n) is 4.39. The molecule has 5 heteroatoms. The molecule has 1 aromatic carbocycles. The second-order valence-electron chi connectivity index (χ2n) is 6.43. The van der Waals surface area contributed by atoms with Crippen molar-refractivity contribution in [2.45, 2.75) is 19.4 Å². The average Bonchev–Trinajstić information content (AvgIpc) is 2.98. The number of amides is 1. The molecule has 1 saturated heterocycles. The number of carbonyl (C=O) groups is 1. The Kier molecular flexibility index (Phi) is 4.18. The Balaban J connectivity index is 1.63. The van der Waals surface area contributed by atoms with Crippen molar-refractivity contribution in [3.63, 3.8) is 0 Å². The number of nitrogens with one attached hydrogen (secondary N) is 2. The standard InChI is InChI=1S/C17H22N2O3/c1-17(2,19-7-9-21-10-8-19)12-18-16(20)15-11-13-5-3-4-6-14(13)22-15/h3-6,11H,7-10,12H2,1-2H3,(H,18,20)/p+1. The molecule has 0 unspecified atom stereocenters. The van der Waals surface area contributed by atoms with E-state index >= 15 is 0 Å². The number of rotatable bonds is 4. The largest absolute Gasteiger partial charge is 0.451 e. The molecule has 0 aliphatic carbocycles. The van der Waals surface area contributed by atoms with Crippen molar-refractivity contribution in [2.75, 3.05) is 32.8 Å². The average molecular weight is 303 g/mol. The molecule has 1 aliphatic rings. The number of hydrogen-bond donors (Lipinski definition) is 2. The van der Waals surface area contributed by atoms with Crippen molar-refractivity contribution in [2.24, 2.45) is 0 Å². The van der Waals surface area contributed by atoms with Crippen molar-refractivity contribution in [3.8, 4) is 0 Å². The van der Waals surface area contributed by atoms with Crippen LogP contribution in [-0.2, 0) is 4.74 Å². The fourth-order valence-electron chi connectivity index (χ4n) is 2.90. The first-order chi connectivity index (χ1) is 10.6. The Morgan fingerprint density at radius 3 is 2.73 bits per heavy atom. The maximum atomic E-state index is 12.3. The number of benzene rings is 1. The molecule has 1 aromatic heterocycles. The van der Waals surface area contributed by atoms with E-state index < -0.39 is 0 Å². The molecule has 0 atom stereocenters. The van der Waals surface area contributed by atoms with Crippen LogP contribution in [0.15, 0.2) is 34.7 Å². The molecule has 2 heterocycles. The number of quaternary nitrogens is 1. The number of para-hydroxylation sites is 1. The SMILES string of the molecule is CC(C)(CNC(=O)c1cc2ccccc2o1)[NH+]1CCOCC1. The summed E-state index contributed by atoms with van der Waals surface area (Å²) in [5.41, 5.74) is 0.719. The molecule has 0 bridgehead atoms. The minimum atomic E-state index is -0.156. The summed E-state index contributed by atoms with van der Waals surface area (Å²) in [7, 11) is 0. The molecule has 2 aromatic rings. The first-order valence-electron chi connectivity index (χ1n) is 7.76. The normalized spacial score (nSPS) is 16.8. The van der Waals surface area contributed by atoms with E-state index in [2.05, 4.69) is 19.2 Å². The van der Waals surface area contributed by atoms with Gasteiger partial charge in [0, 0.05) is 5.39 Å². The van der Waals surface area contributed by atoms with Gasteiger partial charge in [-0.1, -0.05) is 18.2 Å². The zero-order chi connectivity index (χ0) is 15.6. The number of hydrogen-bond acceptors (Lipinski definition) is 3. The predicted molar refractivity (Wildman–Crippen MR) is 84.1 cm³/mol. The molecule has 1 fully saturated rings. The highest BCUT2D eigenvalue weighted by Crippen LogP contribution is 2.18. The van der Waals surface area contributed by atoms with Gasteiger partial charge in [-0.15, -0.1) is 0 Å². The molecule has 5 nitrogen and oxygen atoms in total. The Morgan fingerprint density at radius 2 is 2.00 bits per heavy atom. The lowest BCUT2D eigenvalue weighted by Crippen LogP contribution is -3.22. The first kappa shape index (κ1) is 15.1. The van der Waals surface area contributed by atoms with Crippen LogP contribution in [0.1, 0.15) is 24.4 Å². The molecule has 0 saturated carbocycles. The summed E-state index contributed by atoms with van der Waals surface area (Å²) in [6.45, 7) is 8.49. The summed E-state index contributed by atoms with van der Waals surface area (Å²) in [6.07, 6.45) is 0. The minimum absolute atomic E-state index is 0.0224. The molecule has 1 aliphatic heterocycles.